The van der Waals surface area contributed by atoms with Crippen LogP contribution in [-0.2, 0) is 0 Å². The molecular weight excluding hydrogens is 315 g/mol. The summed E-state index contributed by atoms with van der Waals surface area (Å²) in [5.74, 6) is 1.69. The van der Waals surface area contributed by atoms with Gasteiger partial charge in [0.25, 0.3) is 0 Å². The molecule has 0 bridgehead atoms. The van der Waals surface area contributed by atoms with Gasteiger partial charge < -0.3 is 10.2 Å². The van der Waals surface area contributed by atoms with Gasteiger partial charge in [-0.3, -0.25) is 0 Å². The first-order chi connectivity index (χ1) is 12.2. The van der Waals surface area contributed by atoms with Gasteiger partial charge in [-0.05, 0) is 26.0 Å². The van der Waals surface area contributed by atoms with E-state index in [1.165, 1.54) is 6.07 Å². The molecular formula is C20H21FN4. The summed E-state index contributed by atoms with van der Waals surface area (Å²) in [6.07, 6.45) is 0. The van der Waals surface area contributed by atoms with Crippen LogP contribution >= 0.6 is 0 Å². The molecule has 4 nitrogen and oxygen atoms in total. The van der Waals surface area contributed by atoms with Crippen LogP contribution in [-0.4, -0.2) is 23.1 Å². The van der Waals surface area contributed by atoms with Gasteiger partial charge in [-0.2, -0.15) is 0 Å². The Bertz CT molecular complexity index is 832. The predicted molar refractivity (Wildman–Crippen MR) is 101 cm³/mol. The monoisotopic (exact) mass is 336 g/mol. The average Bonchev–Trinajstić information content (AvgIpc) is 2.65. The van der Waals surface area contributed by atoms with Crippen LogP contribution in [0.2, 0.25) is 0 Å². The summed E-state index contributed by atoms with van der Waals surface area (Å²) in [7, 11) is 0. The number of halogens is 1. The summed E-state index contributed by atoms with van der Waals surface area (Å²) in [6, 6.07) is 18.2. The molecule has 0 unspecified atom stereocenters. The van der Waals surface area contributed by atoms with Gasteiger partial charge in [0, 0.05) is 24.7 Å². The number of benzene rings is 2. The lowest BCUT2D eigenvalue weighted by atomic mass is 10.2. The fourth-order valence-electron chi connectivity index (χ4n) is 2.62. The molecule has 0 fully saturated rings. The van der Waals surface area contributed by atoms with E-state index >= 15 is 0 Å². The molecule has 0 amide bonds. The van der Waals surface area contributed by atoms with Crippen LogP contribution in [0.25, 0.3) is 11.4 Å². The summed E-state index contributed by atoms with van der Waals surface area (Å²) < 4.78 is 14.0. The normalized spacial score (nSPS) is 10.5. The molecule has 2 aromatic carbocycles. The van der Waals surface area contributed by atoms with Crippen molar-refractivity contribution in [1.82, 2.24) is 9.97 Å². The number of nitrogens with one attached hydrogen (secondary N) is 1. The molecule has 0 radical (unpaired) electrons. The number of hydrogen-bond acceptors (Lipinski definition) is 4. The number of nitrogens with zero attached hydrogens (tertiary/aromatic N) is 3. The quantitative estimate of drug-likeness (QED) is 0.697. The van der Waals surface area contributed by atoms with Crippen LogP contribution in [0.1, 0.15) is 13.8 Å². The largest absolute Gasteiger partial charge is 0.357 e. The average molecular weight is 336 g/mol. The zero-order chi connectivity index (χ0) is 17.6. The third-order valence-electron chi connectivity index (χ3n) is 3.97. The van der Waals surface area contributed by atoms with E-state index in [9.17, 15) is 4.39 Å². The predicted octanol–water partition coefficient (Wildman–Crippen LogP) is 4.87. The zero-order valence-corrected chi connectivity index (χ0v) is 14.4. The summed E-state index contributed by atoms with van der Waals surface area (Å²) in [6.45, 7) is 5.83. The van der Waals surface area contributed by atoms with Gasteiger partial charge in [-0.1, -0.05) is 42.5 Å². The third-order valence-corrected chi connectivity index (χ3v) is 3.97. The highest BCUT2D eigenvalue weighted by atomic mass is 19.1. The number of rotatable bonds is 6. The Morgan fingerprint density at radius 3 is 2.28 bits per heavy atom. The summed E-state index contributed by atoms with van der Waals surface area (Å²) >= 11 is 0. The molecule has 0 spiro atoms. The summed E-state index contributed by atoms with van der Waals surface area (Å²) in [5.41, 5.74) is 1.32. The number of para-hydroxylation sites is 1. The van der Waals surface area contributed by atoms with Crippen molar-refractivity contribution in [3.63, 3.8) is 0 Å². The van der Waals surface area contributed by atoms with Gasteiger partial charge in [0.05, 0.1) is 5.69 Å². The van der Waals surface area contributed by atoms with Crippen molar-refractivity contribution in [3.8, 4) is 11.4 Å². The lowest BCUT2D eigenvalue weighted by Crippen LogP contribution is -2.23. The molecule has 0 saturated heterocycles. The second kappa shape index (κ2) is 7.75. The maximum Gasteiger partial charge on any atom is 0.163 e. The molecule has 0 saturated carbocycles. The van der Waals surface area contributed by atoms with Crippen LogP contribution in [0.15, 0.2) is 60.7 Å². The molecule has 0 atom stereocenters. The fraction of sp³-hybridized carbons (Fsp3) is 0.200. The van der Waals surface area contributed by atoms with Crippen molar-refractivity contribution in [1.29, 1.82) is 0 Å². The molecule has 1 N–H and O–H groups in total. The molecule has 3 aromatic rings. The second-order valence-corrected chi connectivity index (χ2v) is 5.58. The van der Waals surface area contributed by atoms with Crippen LogP contribution in [0.4, 0.5) is 21.7 Å². The topological polar surface area (TPSA) is 41.0 Å². The molecule has 128 valence electrons. The number of anilines is 3. The highest BCUT2D eigenvalue weighted by molar-refractivity contribution is 5.65. The first-order valence-electron chi connectivity index (χ1n) is 8.42. The molecule has 0 aliphatic carbocycles. The minimum atomic E-state index is -0.313. The van der Waals surface area contributed by atoms with Crippen LogP contribution < -0.4 is 10.2 Å². The molecule has 1 aromatic heterocycles. The Labute approximate surface area is 147 Å². The van der Waals surface area contributed by atoms with Crippen molar-refractivity contribution in [3.05, 3.63) is 66.5 Å². The van der Waals surface area contributed by atoms with Gasteiger partial charge in [-0.25, -0.2) is 14.4 Å². The van der Waals surface area contributed by atoms with E-state index in [4.69, 9.17) is 4.98 Å². The molecule has 3 rings (SSSR count). The highest BCUT2D eigenvalue weighted by Crippen LogP contribution is 2.25. The van der Waals surface area contributed by atoms with E-state index in [0.29, 0.717) is 17.3 Å². The van der Waals surface area contributed by atoms with Gasteiger partial charge in [0.2, 0.25) is 0 Å². The van der Waals surface area contributed by atoms with E-state index < -0.39 is 0 Å². The lowest BCUT2D eigenvalue weighted by molar-refractivity contribution is 0.632. The minimum absolute atomic E-state index is 0.313. The first-order valence-corrected chi connectivity index (χ1v) is 8.42. The summed E-state index contributed by atoms with van der Waals surface area (Å²) in [5, 5.41) is 3.07. The minimum Gasteiger partial charge on any atom is -0.357 e. The molecule has 25 heavy (non-hydrogen) atoms. The zero-order valence-electron chi connectivity index (χ0n) is 14.4. The van der Waals surface area contributed by atoms with E-state index in [0.717, 1.165) is 24.5 Å². The van der Waals surface area contributed by atoms with Crippen molar-refractivity contribution in [2.24, 2.45) is 0 Å². The van der Waals surface area contributed by atoms with Crippen molar-refractivity contribution in [2.45, 2.75) is 13.8 Å². The van der Waals surface area contributed by atoms with Gasteiger partial charge in [0.15, 0.2) is 5.82 Å². The van der Waals surface area contributed by atoms with Crippen LogP contribution in [0, 0.1) is 5.82 Å². The Morgan fingerprint density at radius 1 is 0.920 bits per heavy atom. The van der Waals surface area contributed by atoms with E-state index in [1.54, 1.807) is 18.2 Å². The fourth-order valence-corrected chi connectivity index (χ4v) is 2.62. The van der Waals surface area contributed by atoms with Gasteiger partial charge >= 0.3 is 0 Å². The third kappa shape index (κ3) is 3.94. The van der Waals surface area contributed by atoms with Crippen LogP contribution in [0.5, 0.6) is 0 Å². The number of aromatic nitrogens is 2. The highest BCUT2D eigenvalue weighted by Gasteiger charge is 2.12. The summed E-state index contributed by atoms with van der Waals surface area (Å²) in [4.78, 5) is 11.4. The van der Waals surface area contributed by atoms with Gasteiger partial charge in [-0.15, -0.1) is 0 Å². The van der Waals surface area contributed by atoms with Crippen LogP contribution in [0.3, 0.4) is 0 Å². The first kappa shape index (κ1) is 16.9. The van der Waals surface area contributed by atoms with E-state index in [1.807, 2.05) is 36.4 Å². The Kier molecular flexibility index (Phi) is 5.23. The van der Waals surface area contributed by atoms with Gasteiger partial charge in [0.1, 0.15) is 17.5 Å². The Hall–Kier alpha value is -2.95. The SMILES string of the molecule is CCN(CC)c1cc(Nc2ccccc2F)nc(-c2ccccc2)n1. The number of hydrogen-bond donors (Lipinski definition) is 1. The van der Waals surface area contributed by atoms with Crippen molar-refractivity contribution < 1.29 is 4.39 Å². The second-order valence-electron chi connectivity index (χ2n) is 5.58. The standard InChI is InChI=1S/C20H21FN4/c1-3-25(4-2)19-14-18(22-17-13-9-8-12-16(17)21)23-20(24-19)15-10-6-5-7-11-15/h5-14H,3-4H2,1-2H3,(H,22,23,24). The van der Waals surface area contributed by atoms with E-state index in [-0.39, 0.29) is 5.82 Å². The molecule has 0 aliphatic rings. The lowest BCUT2D eigenvalue weighted by Gasteiger charge is -2.21. The smallest absolute Gasteiger partial charge is 0.163 e. The maximum atomic E-state index is 14.0. The molecule has 1 heterocycles. The maximum absolute atomic E-state index is 14.0. The van der Waals surface area contributed by atoms with Crippen molar-refractivity contribution >= 4 is 17.3 Å². The Balaban J connectivity index is 2.05. The van der Waals surface area contributed by atoms with E-state index in [2.05, 4.69) is 29.0 Å². The van der Waals surface area contributed by atoms with Crippen molar-refractivity contribution in [2.75, 3.05) is 23.3 Å². The molecule has 0 aliphatic heterocycles. The molecule has 5 heteroatoms. The Morgan fingerprint density at radius 2 is 1.60 bits per heavy atom.